The molecule has 3 aliphatic carbocycles. The first kappa shape index (κ1) is 14.9. The highest BCUT2D eigenvalue weighted by atomic mass is 16.5. The Morgan fingerprint density at radius 2 is 2.13 bits per heavy atom. The Kier molecular flexibility index (Phi) is 3.70. The Labute approximate surface area is 138 Å². The highest BCUT2D eigenvalue weighted by Gasteiger charge is 2.46. The number of hydrogen-bond acceptors (Lipinski definition) is 2. The highest BCUT2D eigenvalue weighted by molar-refractivity contribution is 5.76. The summed E-state index contributed by atoms with van der Waals surface area (Å²) >= 11 is 0. The molecular weight excluding hydrogens is 288 g/mol. The number of ether oxygens (including phenoxy) is 1. The zero-order valence-corrected chi connectivity index (χ0v) is 13.8. The van der Waals surface area contributed by atoms with Gasteiger partial charge in [0.2, 0.25) is 0 Å². The molecule has 1 aromatic carbocycles. The summed E-state index contributed by atoms with van der Waals surface area (Å²) in [6, 6.07) is 8.49. The van der Waals surface area contributed by atoms with Crippen molar-refractivity contribution in [1.82, 2.24) is 10.6 Å². The van der Waals surface area contributed by atoms with Crippen LogP contribution in [0.4, 0.5) is 4.79 Å². The van der Waals surface area contributed by atoms with Gasteiger partial charge in [-0.3, -0.25) is 0 Å². The lowest BCUT2D eigenvalue weighted by molar-refractivity contribution is 0.172. The van der Waals surface area contributed by atoms with Crippen LogP contribution in [0.5, 0.6) is 5.75 Å². The number of carbonyl (C=O) groups is 1. The quantitative estimate of drug-likeness (QED) is 0.893. The van der Waals surface area contributed by atoms with E-state index in [9.17, 15) is 4.79 Å². The SMILES string of the molecule is COc1cccc(C2(NC(=O)NC3CCC[C@@H]4C[C@H]34)CCC2)c1. The zero-order chi connectivity index (χ0) is 15.9. The topological polar surface area (TPSA) is 50.4 Å². The Morgan fingerprint density at radius 3 is 2.87 bits per heavy atom. The third-order valence-corrected chi connectivity index (χ3v) is 6.08. The van der Waals surface area contributed by atoms with Gasteiger partial charge >= 0.3 is 6.03 Å². The van der Waals surface area contributed by atoms with Crippen molar-refractivity contribution >= 4 is 6.03 Å². The van der Waals surface area contributed by atoms with E-state index >= 15 is 0 Å². The van der Waals surface area contributed by atoms with E-state index in [2.05, 4.69) is 22.8 Å². The van der Waals surface area contributed by atoms with E-state index in [0.29, 0.717) is 6.04 Å². The number of urea groups is 1. The molecule has 2 amide bonds. The second-order valence-electron chi connectivity index (χ2n) is 7.46. The zero-order valence-electron chi connectivity index (χ0n) is 13.8. The molecule has 0 aliphatic heterocycles. The maximum absolute atomic E-state index is 12.6. The van der Waals surface area contributed by atoms with Gasteiger partial charge < -0.3 is 15.4 Å². The predicted octanol–water partition coefficient (Wildman–Crippen LogP) is 3.56. The largest absolute Gasteiger partial charge is 0.497 e. The van der Waals surface area contributed by atoms with Gasteiger partial charge in [-0.25, -0.2) is 4.79 Å². The molecule has 4 rings (SSSR count). The molecule has 0 heterocycles. The van der Waals surface area contributed by atoms with Gasteiger partial charge in [-0.1, -0.05) is 25.0 Å². The van der Waals surface area contributed by atoms with Gasteiger partial charge in [0.05, 0.1) is 12.6 Å². The van der Waals surface area contributed by atoms with Crippen LogP contribution in [0, 0.1) is 11.8 Å². The molecular formula is C19H26N2O2. The molecule has 0 bridgehead atoms. The van der Waals surface area contributed by atoms with Crippen LogP contribution in [0.2, 0.25) is 0 Å². The summed E-state index contributed by atoms with van der Waals surface area (Å²) in [5, 5.41) is 6.53. The second-order valence-corrected chi connectivity index (χ2v) is 7.46. The van der Waals surface area contributed by atoms with Crippen LogP contribution in [0.3, 0.4) is 0 Å². The van der Waals surface area contributed by atoms with Crippen LogP contribution in [0.1, 0.15) is 50.5 Å². The van der Waals surface area contributed by atoms with E-state index in [1.165, 1.54) is 19.3 Å². The maximum Gasteiger partial charge on any atom is 0.315 e. The molecule has 3 aliphatic rings. The standard InChI is InChI=1S/C19H26N2O2/c1-23-15-7-3-6-14(12-15)19(9-4-10-19)21-18(22)20-17-8-2-5-13-11-16(13)17/h3,6-7,12-13,16-17H,2,4-5,8-11H2,1H3,(H2,20,21,22)/t13-,16+,17?/m1/s1. The first-order valence-electron chi connectivity index (χ1n) is 8.93. The minimum Gasteiger partial charge on any atom is -0.497 e. The summed E-state index contributed by atoms with van der Waals surface area (Å²) in [5.74, 6) is 2.47. The number of methoxy groups -OCH3 is 1. The van der Waals surface area contributed by atoms with Crippen LogP contribution >= 0.6 is 0 Å². The average molecular weight is 314 g/mol. The summed E-state index contributed by atoms with van der Waals surface area (Å²) in [6.45, 7) is 0. The van der Waals surface area contributed by atoms with Crippen LogP contribution in [-0.4, -0.2) is 19.2 Å². The summed E-state index contributed by atoms with van der Waals surface area (Å²) in [7, 11) is 1.68. The van der Waals surface area contributed by atoms with Gasteiger partial charge in [0.25, 0.3) is 0 Å². The maximum atomic E-state index is 12.6. The summed E-state index contributed by atoms with van der Waals surface area (Å²) in [4.78, 5) is 12.6. The molecule has 3 fully saturated rings. The first-order chi connectivity index (χ1) is 11.2. The fraction of sp³-hybridized carbons (Fsp3) is 0.632. The third kappa shape index (κ3) is 2.79. The van der Waals surface area contributed by atoms with Crippen molar-refractivity contribution in [2.24, 2.45) is 11.8 Å². The van der Waals surface area contributed by atoms with Crippen molar-refractivity contribution in [1.29, 1.82) is 0 Å². The lowest BCUT2D eigenvalue weighted by Crippen LogP contribution is -2.56. The molecule has 23 heavy (non-hydrogen) atoms. The lowest BCUT2D eigenvalue weighted by atomic mass is 9.72. The van der Waals surface area contributed by atoms with Crippen LogP contribution in [0.15, 0.2) is 24.3 Å². The van der Waals surface area contributed by atoms with Gasteiger partial charge in [-0.15, -0.1) is 0 Å². The monoisotopic (exact) mass is 314 g/mol. The van der Waals surface area contributed by atoms with E-state index < -0.39 is 0 Å². The highest BCUT2D eigenvalue weighted by Crippen LogP contribution is 2.49. The molecule has 0 aromatic heterocycles. The number of hydrogen-bond donors (Lipinski definition) is 2. The molecule has 124 valence electrons. The summed E-state index contributed by atoms with van der Waals surface area (Å²) in [5.41, 5.74) is 0.946. The van der Waals surface area contributed by atoms with Crippen molar-refractivity contribution in [3.8, 4) is 5.75 Å². The van der Waals surface area contributed by atoms with Gasteiger partial charge in [-0.05, 0) is 61.6 Å². The van der Waals surface area contributed by atoms with Crippen molar-refractivity contribution in [3.63, 3.8) is 0 Å². The molecule has 4 nitrogen and oxygen atoms in total. The summed E-state index contributed by atoms with van der Waals surface area (Å²) in [6.07, 6.45) is 8.23. The first-order valence-corrected chi connectivity index (χ1v) is 8.93. The second kappa shape index (κ2) is 5.73. The molecule has 4 heteroatoms. The van der Waals surface area contributed by atoms with Crippen LogP contribution in [-0.2, 0) is 5.54 Å². The van der Waals surface area contributed by atoms with E-state index in [-0.39, 0.29) is 11.6 Å². The predicted molar refractivity (Wildman–Crippen MR) is 89.4 cm³/mol. The van der Waals surface area contributed by atoms with Crippen molar-refractivity contribution in [2.75, 3.05) is 7.11 Å². The lowest BCUT2D eigenvalue weighted by Gasteiger charge is -2.43. The smallest absolute Gasteiger partial charge is 0.315 e. The van der Waals surface area contributed by atoms with Crippen molar-refractivity contribution in [2.45, 2.75) is 56.5 Å². The molecule has 2 N–H and O–H groups in total. The van der Waals surface area contributed by atoms with Crippen molar-refractivity contribution < 1.29 is 9.53 Å². The molecule has 0 radical (unpaired) electrons. The number of nitrogens with one attached hydrogen (secondary N) is 2. The van der Waals surface area contributed by atoms with E-state index in [0.717, 1.165) is 48.8 Å². The van der Waals surface area contributed by atoms with E-state index in [1.807, 2.05) is 12.1 Å². The van der Waals surface area contributed by atoms with E-state index in [4.69, 9.17) is 4.74 Å². The van der Waals surface area contributed by atoms with Crippen molar-refractivity contribution in [3.05, 3.63) is 29.8 Å². The van der Waals surface area contributed by atoms with Gasteiger partial charge in [0, 0.05) is 6.04 Å². The molecule has 3 atom stereocenters. The molecule has 0 spiro atoms. The van der Waals surface area contributed by atoms with Gasteiger partial charge in [0.1, 0.15) is 5.75 Å². The number of benzene rings is 1. The van der Waals surface area contributed by atoms with Gasteiger partial charge in [0.15, 0.2) is 0 Å². The Bertz CT molecular complexity index is 597. The fourth-order valence-electron chi connectivity index (χ4n) is 4.45. The Balaban J connectivity index is 1.43. The fourth-order valence-corrected chi connectivity index (χ4v) is 4.45. The third-order valence-electron chi connectivity index (χ3n) is 6.08. The normalized spacial score (nSPS) is 30.6. The minimum atomic E-state index is -0.212. The molecule has 1 aromatic rings. The van der Waals surface area contributed by atoms with E-state index in [1.54, 1.807) is 7.11 Å². The van der Waals surface area contributed by atoms with Crippen LogP contribution < -0.4 is 15.4 Å². The number of amides is 2. The number of fused-ring (bicyclic) bond motifs is 1. The minimum absolute atomic E-state index is 0.00469. The van der Waals surface area contributed by atoms with Gasteiger partial charge in [-0.2, -0.15) is 0 Å². The molecule has 0 saturated heterocycles. The average Bonchev–Trinajstić information content (AvgIpc) is 3.31. The number of carbonyl (C=O) groups excluding carboxylic acids is 1. The Hall–Kier alpha value is -1.71. The Morgan fingerprint density at radius 1 is 1.26 bits per heavy atom. The number of rotatable bonds is 4. The molecule has 3 saturated carbocycles. The molecule has 1 unspecified atom stereocenters. The van der Waals surface area contributed by atoms with Crippen LogP contribution in [0.25, 0.3) is 0 Å². The summed E-state index contributed by atoms with van der Waals surface area (Å²) < 4.78 is 5.34.